The Bertz CT molecular complexity index is 200. The third-order valence-corrected chi connectivity index (χ3v) is 4.24. The van der Waals surface area contributed by atoms with Crippen LogP contribution in [-0.2, 0) is 4.74 Å². The maximum Gasteiger partial charge on any atom is 0.0630 e. The van der Waals surface area contributed by atoms with Gasteiger partial charge in [-0.2, -0.15) is 0 Å². The van der Waals surface area contributed by atoms with Gasteiger partial charge in [-0.05, 0) is 43.9 Å². The lowest BCUT2D eigenvalue weighted by molar-refractivity contribution is -0.0661. The fourth-order valence-corrected chi connectivity index (χ4v) is 3.63. The van der Waals surface area contributed by atoms with Gasteiger partial charge in [0.15, 0.2) is 0 Å². The molecule has 2 heteroatoms. The van der Waals surface area contributed by atoms with Crippen LogP contribution in [0.15, 0.2) is 0 Å². The number of hydrogen-bond donors (Lipinski definition) is 1. The van der Waals surface area contributed by atoms with E-state index in [-0.39, 0.29) is 6.10 Å². The molecule has 13 heavy (non-hydrogen) atoms. The van der Waals surface area contributed by atoms with E-state index in [2.05, 4.69) is 0 Å². The first-order valence-corrected chi connectivity index (χ1v) is 5.62. The molecule has 0 spiro atoms. The Balaban J connectivity index is 1.84. The molecule has 74 valence electrons. The van der Waals surface area contributed by atoms with E-state index in [1.165, 1.54) is 25.7 Å². The van der Waals surface area contributed by atoms with Gasteiger partial charge in [0.1, 0.15) is 0 Å². The van der Waals surface area contributed by atoms with Gasteiger partial charge >= 0.3 is 0 Å². The van der Waals surface area contributed by atoms with Gasteiger partial charge in [0.05, 0.1) is 12.2 Å². The van der Waals surface area contributed by atoms with Crippen LogP contribution in [0.4, 0.5) is 0 Å². The van der Waals surface area contributed by atoms with Gasteiger partial charge in [0.2, 0.25) is 0 Å². The summed E-state index contributed by atoms with van der Waals surface area (Å²) in [5.74, 6) is 2.17. The van der Waals surface area contributed by atoms with Crippen LogP contribution in [0.1, 0.15) is 32.1 Å². The number of aliphatic hydroxyl groups is 1. The maximum absolute atomic E-state index is 9.86. The molecule has 0 aromatic rings. The normalized spacial score (nSPS) is 54.7. The molecule has 3 aliphatic rings. The van der Waals surface area contributed by atoms with Crippen molar-refractivity contribution >= 4 is 0 Å². The first-order valence-electron chi connectivity index (χ1n) is 5.62. The highest BCUT2D eigenvalue weighted by Gasteiger charge is 2.44. The zero-order chi connectivity index (χ0) is 8.84. The second kappa shape index (κ2) is 2.96. The Hall–Kier alpha value is -0.0800. The molecular formula is C11H18O2. The number of rotatable bonds is 0. The van der Waals surface area contributed by atoms with Crippen molar-refractivity contribution in [3.8, 4) is 0 Å². The van der Waals surface area contributed by atoms with E-state index in [4.69, 9.17) is 4.74 Å². The summed E-state index contributed by atoms with van der Waals surface area (Å²) in [6.07, 6.45) is 6.43. The molecular weight excluding hydrogens is 164 g/mol. The molecule has 2 aliphatic carbocycles. The molecule has 0 radical (unpaired) electrons. The first-order chi connectivity index (χ1) is 6.33. The van der Waals surface area contributed by atoms with Gasteiger partial charge in [-0.1, -0.05) is 0 Å². The van der Waals surface area contributed by atoms with Crippen LogP contribution < -0.4 is 0 Å². The van der Waals surface area contributed by atoms with Gasteiger partial charge in [-0.3, -0.25) is 0 Å². The predicted molar refractivity (Wildman–Crippen MR) is 49.3 cm³/mol. The van der Waals surface area contributed by atoms with Crippen molar-refractivity contribution < 1.29 is 9.84 Å². The average molecular weight is 182 g/mol. The molecule has 4 unspecified atom stereocenters. The molecule has 3 fully saturated rings. The minimum Gasteiger partial charge on any atom is -0.393 e. The molecule has 3 rings (SSSR count). The van der Waals surface area contributed by atoms with E-state index in [1.54, 1.807) is 0 Å². The molecule has 1 N–H and O–H groups in total. The molecule has 4 bridgehead atoms. The molecule has 1 aliphatic heterocycles. The van der Waals surface area contributed by atoms with Crippen molar-refractivity contribution in [1.29, 1.82) is 0 Å². The third-order valence-electron chi connectivity index (χ3n) is 4.24. The van der Waals surface area contributed by atoms with Gasteiger partial charge in [0, 0.05) is 12.5 Å². The van der Waals surface area contributed by atoms with E-state index in [9.17, 15) is 5.11 Å². The van der Waals surface area contributed by atoms with Gasteiger partial charge in [0.25, 0.3) is 0 Å². The predicted octanol–water partition coefficient (Wildman–Crippen LogP) is 1.57. The Morgan fingerprint density at radius 1 is 1.00 bits per heavy atom. The summed E-state index contributed by atoms with van der Waals surface area (Å²) in [5.41, 5.74) is 0. The Morgan fingerprint density at radius 3 is 2.85 bits per heavy atom. The van der Waals surface area contributed by atoms with Crippen molar-refractivity contribution in [3.63, 3.8) is 0 Å². The SMILES string of the molecule is OC1CC2CC1C1C[C@H](CCO1)C2. The second-order valence-electron chi connectivity index (χ2n) is 5.10. The number of aliphatic hydroxyl groups excluding tert-OH is 1. The summed E-state index contributed by atoms with van der Waals surface area (Å²) >= 11 is 0. The highest BCUT2D eigenvalue weighted by molar-refractivity contribution is 4.94. The minimum atomic E-state index is -0.0611. The van der Waals surface area contributed by atoms with Crippen LogP contribution in [0.25, 0.3) is 0 Å². The first kappa shape index (κ1) is 8.25. The lowest BCUT2D eigenvalue weighted by Crippen LogP contribution is -2.35. The maximum atomic E-state index is 9.86. The lowest BCUT2D eigenvalue weighted by Gasteiger charge is -2.33. The summed E-state index contributed by atoms with van der Waals surface area (Å²) in [6, 6.07) is 0. The van der Waals surface area contributed by atoms with Gasteiger partial charge in [-0.15, -0.1) is 0 Å². The molecule has 2 nitrogen and oxygen atoms in total. The van der Waals surface area contributed by atoms with Gasteiger partial charge in [-0.25, -0.2) is 0 Å². The third kappa shape index (κ3) is 1.31. The zero-order valence-corrected chi connectivity index (χ0v) is 7.98. The Morgan fingerprint density at radius 2 is 1.92 bits per heavy atom. The van der Waals surface area contributed by atoms with Crippen molar-refractivity contribution in [2.45, 2.75) is 44.3 Å². The fraction of sp³-hybridized carbons (Fsp3) is 1.00. The molecule has 0 amide bonds. The summed E-state index contributed by atoms with van der Waals surface area (Å²) in [5, 5.41) is 9.86. The summed E-state index contributed by atoms with van der Waals surface area (Å²) < 4.78 is 5.77. The molecule has 1 heterocycles. The van der Waals surface area contributed by atoms with E-state index in [0.717, 1.165) is 24.9 Å². The monoisotopic (exact) mass is 182 g/mol. The molecule has 2 saturated carbocycles. The van der Waals surface area contributed by atoms with Crippen molar-refractivity contribution in [2.24, 2.45) is 17.8 Å². The van der Waals surface area contributed by atoms with Crippen LogP contribution in [0, 0.1) is 17.8 Å². The van der Waals surface area contributed by atoms with Crippen molar-refractivity contribution in [2.75, 3.05) is 6.61 Å². The fourth-order valence-electron chi connectivity index (χ4n) is 3.63. The second-order valence-corrected chi connectivity index (χ2v) is 5.10. The van der Waals surface area contributed by atoms with E-state index >= 15 is 0 Å². The van der Waals surface area contributed by atoms with Crippen LogP contribution in [0.2, 0.25) is 0 Å². The van der Waals surface area contributed by atoms with Crippen LogP contribution in [0.3, 0.4) is 0 Å². The average Bonchev–Trinajstić information content (AvgIpc) is 2.41. The summed E-state index contributed by atoms with van der Waals surface area (Å²) in [7, 11) is 0. The smallest absolute Gasteiger partial charge is 0.0630 e. The highest BCUT2D eigenvalue weighted by Crippen LogP contribution is 2.46. The lowest BCUT2D eigenvalue weighted by atomic mass is 9.85. The molecule has 5 atom stereocenters. The van der Waals surface area contributed by atoms with Crippen molar-refractivity contribution in [1.82, 2.24) is 0 Å². The van der Waals surface area contributed by atoms with Crippen LogP contribution in [0.5, 0.6) is 0 Å². The zero-order valence-electron chi connectivity index (χ0n) is 7.98. The van der Waals surface area contributed by atoms with Crippen LogP contribution in [-0.4, -0.2) is 23.9 Å². The molecule has 1 saturated heterocycles. The topological polar surface area (TPSA) is 29.5 Å². The molecule has 0 aromatic heterocycles. The number of ether oxygens (including phenoxy) is 1. The minimum absolute atomic E-state index is 0.0611. The summed E-state index contributed by atoms with van der Waals surface area (Å²) in [4.78, 5) is 0. The largest absolute Gasteiger partial charge is 0.393 e. The number of hydrogen-bond acceptors (Lipinski definition) is 2. The highest BCUT2D eigenvalue weighted by atomic mass is 16.5. The van der Waals surface area contributed by atoms with E-state index < -0.39 is 0 Å². The van der Waals surface area contributed by atoms with Crippen molar-refractivity contribution in [3.05, 3.63) is 0 Å². The summed E-state index contributed by atoms with van der Waals surface area (Å²) in [6.45, 7) is 0.936. The Kier molecular flexibility index (Phi) is 1.88. The van der Waals surface area contributed by atoms with Gasteiger partial charge < -0.3 is 9.84 Å². The van der Waals surface area contributed by atoms with Crippen LogP contribution >= 0.6 is 0 Å². The molecule has 0 aromatic carbocycles. The Labute approximate surface area is 79.3 Å². The standard InChI is InChI=1S/C11H18O2/c12-10-5-8-3-7-1-2-13-11(6-7)9(10)4-8/h7-12H,1-6H2/t7-,8?,9?,10?,11?/m1/s1. The number of fused-ring (bicyclic) bond motifs is 5. The van der Waals surface area contributed by atoms with E-state index in [1.807, 2.05) is 0 Å². The van der Waals surface area contributed by atoms with E-state index in [0.29, 0.717) is 12.0 Å². The quantitative estimate of drug-likeness (QED) is 0.616.